The minimum absolute atomic E-state index is 0.365. The molecule has 0 aliphatic carbocycles. The fourth-order valence-corrected chi connectivity index (χ4v) is 2.88. The van der Waals surface area contributed by atoms with Crippen molar-refractivity contribution in [3.05, 3.63) is 23.8 Å². The highest BCUT2D eigenvalue weighted by atomic mass is 32.1. The van der Waals surface area contributed by atoms with Gasteiger partial charge in [0.15, 0.2) is 0 Å². The smallest absolute Gasteiger partial charge is 0.271 e. The van der Waals surface area contributed by atoms with Crippen LogP contribution in [0.15, 0.2) is 18.2 Å². The summed E-state index contributed by atoms with van der Waals surface area (Å²) in [5.41, 5.74) is -0.305. The molecule has 0 radical (unpaired) electrons. The number of nitrogens with zero attached hydrogens (tertiary/aromatic N) is 2. The van der Waals surface area contributed by atoms with Gasteiger partial charge in [-0.25, -0.2) is 10.0 Å². The Hall–Kier alpha value is -1.34. The molecule has 0 bridgehead atoms. The first kappa shape index (κ1) is 12.7. The van der Waals surface area contributed by atoms with Crippen LogP contribution in [0.25, 0.3) is 10.2 Å². The molecule has 0 amide bonds. The standard InChI is InChI=1S/C12H11F3N2OS/c13-12(14,15)8-3-4-10-9(7-8)16-11(19-10)17-5-1-2-6-18-17/h3-4,7H,1-2,5-6H2. The van der Waals surface area contributed by atoms with E-state index in [0.29, 0.717) is 17.3 Å². The number of fused-ring (bicyclic) bond motifs is 1. The van der Waals surface area contributed by atoms with Gasteiger partial charge in [0, 0.05) is 6.54 Å². The Morgan fingerprint density at radius 3 is 2.79 bits per heavy atom. The lowest BCUT2D eigenvalue weighted by molar-refractivity contribution is -0.137. The van der Waals surface area contributed by atoms with E-state index in [4.69, 9.17) is 4.84 Å². The summed E-state index contributed by atoms with van der Waals surface area (Å²) in [6.45, 7) is 1.36. The largest absolute Gasteiger partial charge is 0.416 e. The van der Waals surface area contributed by atoms with Gasteiger partial charge < -0.3 is 0 Å². The fourth-order valence-electron chi connectivity index (χ4n) is 1.95. The van der Waals surface area contributed by atoms with Crippen LogP contribution in [-0.4, -0.2) is 18.1 Å². The molecule has 19 heavy (non-hydrogen) atoms. The van der Waals surface area contributed by atoms with E-state index in [1.54, 1.807) is 5.06 Å². The van der Waals surface area contributed by atoms with Gasteiger partial charge in [0.2, 0.25) is 5.13 Å². The summed E-state index contributed by atoms with van der Waals surface area (Å²) in [6.07, 6.45) is -2.33. The van der Waals surface area contributed by atoms with Gasteiger partial charge in [-0.15, -0.1) is 0 Å². The molecular weight excluding hydrogens is 277 g/mol. The van der Waals surface area contributed by atoms with Crippen LogP contribution in [0.3, 0.4) is 0 Å². The molecule has 1 aliphatic heterocycles. The number of aromatic nitrogens is 1. The summed E-state index contributed by atoms with van der Waals surface area (Å²) in [4.78, 5) is 9.68. The normalized spacial score (nSPS) is 17.1. The average molecular weight is 288 g/mol. The summed E-state index contributed by atoms with van der Waals surface area (Å²) < 4.78 is 38.6. The quantitative estimate of drug-likeness (QED) is 0.797. The van der Waals surface area contributed by atoms with Crippen LogP contribution in [0, 0.1) is 0 Å². The Morgan fingerprint density at radius 2 is 2.11 bits per heavy atom. The molecule has 7 heteroatoms. The molecule has 0 spiro atoms. The topological polar surface area (TPSA) is 25.4 Å². The first-order valence-electron chi connectivity index (χ1n) is 5.92. The minimum atomic E-state index is -4.33. The van der Waals surface area contributed by atoms with Crippen LogP contribution in [0.1, 0.15) is 18.4 Å². The van der Waals surface area contributed by atoms with E-state index >= 15 is 0 Å². The van der Waals surface area contributed by atoms with Gasteiger partial charge in [0.05, 0.1) is 22.4 Å². The van der Waals surface area contributed by atoms with Crippen molar-refractivity contribution in [3.63, 3.8) is 0 Å². The SMILES string of the molecule is FC(F)(F)c1ccc2sc(N3CCCCO3)nc2c1. The second-order valence-corrected chi connectivity index (χ2v) is 5.33. The van der Waals surface area contributed by atoms with Gasteiger partial charge in [0.1, 0.15) is 0 Å². The van der Waals surface area contributed by atoms with Crippen LogP contribution >= 0.6 is 11.3 Å². The van der Waals surface area contributed by atoms with Crippen molar-refractivity contribution in [3.8, 4) is 0 Å². The molecule has 1 fully saturated rings. The van der Waals surface area contributed by atoms with E-state index in [2.05, 4.69) is 4.98 Å². The van der Waals surface area contributed by atoms with Gasteiger partial charge in [0.25, 0.3) is 0 Å². The number of halogens is 3. The molecule has 0 unspecified atom stereocenters. The summed E-state index contributed by atoms with van der Waals surface area (Å²) >= 11 is 1.35. The van der Waals surface area contributed by atoms with Gasteiger partial charge in [-0.05, 0) is 31.0 Å². The molecule has 102 valence electrons. The number of thiazole rings is 1. The van der Waals surface area contributed by atoms with Gasteiger partial charge >= 0.3 is 6.18 Å². The van der Waals surface area contributed by atoms with E-state index in [1.165, 1.54) is 17.4 Å². The number of hydrogen-bond acceptors (Lipinski definition) is 4. The van der Waals surface area contributed by atoms with Crippen molar-refractivity contribution < 1.29 is 18.0 Å². The highest BCUT2D eigenvalue weighted by molar-refractivity contribution is 7.22. The van der Waals surface area contributed by atoms with Crippen molar-refractivity contribution in [2.75, 3.05) is 18.2 Å². The molecule has 0 atom stereocenters. The van der Waals surface area contributed by atoms with E-state index < -0.39 is 11.7 Å². The van der Waals surface area contributed by atoms with Crippen molar-refractivity contribution in [1.82, 2.24) is 4.98 Å². The molecule has 0 saturated carbocycles. The van der Waals surface area contributed by atoms with Gasteiger partial charge in [-0.2, -0.15) is 13.2 Å². The lowest BCUT2D eigenvalue weighted by Gasteiger charge is -2.24. The number of hydrogen-bond donors (Lipinski definition) is 0. The van der Waals surface area contributed by atoms with Crippen molar-refractivity contribution in [1.29, 1.82) is 0 Å². The average Bonchev–Trinajstić information content (AvgIpc) is 2.81. The third kappa shape index (κ3) is 2.52. The molecule has 2 heterocycles. The highest BCUT2D eigenvalue weighted by Crippen LogP contribution is 2.35. The molecule has 1 aromatic heterocycles. The predicted octanol–water partition coefficient (Wildman–Crippen LogP) is 3.85. The maximum atomic E-state index is 12.6. The van der Waals surface area contributed by atoms with Crippen LogP contribution in [-0.2, 0) is 11.0 Å². The Labute approximate surface area is 111 Å². The third-order valence-electron chi connectivity index (χ3n) is 2.92. The summed E-state index contributed by atoms with van der Waals surface area (Å²) in [7, 11) is 0. The van der Waals surface area contributed by atoms with E-state index in [9.17, 15) is 13.2 Å². The maximum absolute atomic E-state index is 12.6. The monoisotopic (exact) mass is 288 g/mol. The molecule has 2 aromatic rings. The Bertz CT molecular complexity index is 590. The zero-order valence-corrected chi connectivity index (χ0v) is 10.7. The zero-order chi connectivity index (χ0) is 13.5. The van der Waals surface area contributed by atoms with Crippen LogP contribution in [0.5, 0.6) is 0 Å². The highest BCUT2D eigenvalue weighted by Gasteiger charge is 2.31. The van der Waals surface area contributed by atoms with Gasteiger partial charge in [-0.3, -0.25) is 4.84 Å². The van der Waals surface area contributed by atoms with E-state index in [-0.39, 0.29) is 0 Å². The fraction of sp³-hybridized carbons (Fsp3) is 0.417. The Morgan fingerprint density at radius 1 is 1.26 bits per heavy atom. The second kappa shape index (κ2) is 4.64. The molecular formula is C12H11F3N2OS. The number of alkyl halides is 3. The second-order valence-electron chi connectivity index (χ2n) is 4.32. The predicted molar refractivity (Wildman–Crippen MR) is 67.2 cm³/mol. The zero-order valence-electron chi connectivity index (χ0n) is 9.91. The summed E-state index contributed by atoms with van der Waals surface area (Å²) in [5, 5.41) is 2.29. The lowest BCUT2D eigenvalue weighted by atomic mass is 10.2. The van der Waals surface area contributed by atoms with E-state index in [1.807, 2.05) is 0 Å². The van der Waals surface area contributed by atoms with Crippen molar-refractivity contribution in [2.24, 2.45) is 0 Å². The minimum Gasteiger partial charge on any atom is -0.271 e. The number of rotatable bonds is 1. The first-order valence-corrected chi connectivity index (χ1v) is 6.74. The molecule has 1 saturated heterocycles. The van der Waals surface area contributed by atoms with E-state index in [0.717, 1.165) is 36.2 Å². The van der Waals surface area contributed by atoms with Crippen LogP contribution in [0.2, 0.25) is 0 Å². The number of benzene rings is 1. The molecule has 1 aromatic carbocycles. The first-order chi connectivity index (χ1) is 9.04. The van der Waals surface area contributed by atoms with Crippen molar-refractivity contribution in [2.45, 2.75) is 19.0 Å². The molecule has 1 aliphatic rings. The van der Waals surface area contributed by atoms with Gasteiger partial charge in [-0.1, -0.05) is 11.3 Å². The third-order valence-corrected chi connectivity index (χ3v) is 3.96. The van der Waals surface area contributed by atoms with Crippen LogP contribution < -0.4 is 5.06 Å². The Balaban J connectivity index is 1.96. The number of hydroxylamine groups is 1. The van der Waals surface area contributed by atoms with Crippen LogP contribution in [0.4, 0.5) is 18.3 Å². The summed E-state index contributed by atoms with van der Waals surface area (Å²) in [6, 6.07) is 3.63. The number of anilines is 1. The molecule has 3 rings (SSSR count). The Kier molecular flexibility index (Phi) is 3.10. The summed E-state index contributed by atoms with van der Waals surface area (Å²) in [5.74, 6) is 0. The van der Waals surface area contributed by atoms with Crippen molar-refractivity contribution >= 4 is 26.7 Å². The molecule has 3 nitrogen and oxygen atoms in total. The lowest BCUT2D eigenvalue weighted by Crippen LogP contribution is -2.29. The molecule has 0 N–H and O–H groups in total. The maximum Gasteiger partial charge on any atom is 0.416 e.